The summed E-state index contributed by atoms with van der Waals surface area (Å²) in [6.45, 7) is -0.647. The number of carbonyl (C=O) groups is 1. The third-order valence-electron chi connectivity index (χ3n) is 1.48. The van der Waals surface area contributed by atoms with Crippen molar-refractivity contribution in [2.75, 3.05) is 0 Å². The molecule has 17 heavy (non-hydrogen) atoms. The van der Waals surface area contributed by atoms with Gasteiger partial charge >= 0.3 is 18.3 Å². The lowest BCUT2D eigenvalue weighted by atomic mass is 10.5. The van der Waals surface area contributed by atoms with Crippen LogP contribution in [-0.2, 0) is 17.5 Å². The second-order valence-electron chi connectivity index (χ2n) is 2.81. The molecule has 0 bridgehead atoms. The number of nitrogens with one attached hydrogen (secondary N) is 1. The minimum Gasteiger partial charge on any atom is -0.343 e. The number of carbonyl (C=O) groups excluding carboxylic acids is 1. The molecule has 3 nitrogen and oxygen atoms in total. The highest BCUT2D eigenvalue weighted by Crippen LogP contribution is 2.32. The summed E-state index contributed by atoms with van der Waals surface area (Å²) >= 11 is 0.174. The fraction of sp³-hybridized carbons (Fsp3) is 0.429. The highest BCUT2D eigenvalue weighted by atomic mass is 32.1. The molecule has 1 amide bonds. The number of aromatic nitrogens is 1. The molecule has 1 aromatic heterocycles. The summed E-state index contributed by atoms with van der Waals surface area (Å²) < 4.78 is 71.4. The molecule has 0 aliphatic rings. The Balaban J connectivity index is 2.60. The lowest BCUT2D eigenvalue weighted by molar-refractivity contribution is -0.173. The van der Waals surface area contributed by atoms with Gasteiger partial charge in [-0.05, 0) is 0 Å². The van der Waals surface area contributed by atoms with Crippen molar-refractivity contribution in [2.45, 2.75) is 18.9 Å². The van der Waals surface area contributed by atoms with E-state index in [9.17, 15) is 31.1 Å². The Hall–Kier alpha value is -1.32. The van der Waals surface area contributed by atoms with Crippen LogP contribution in [0.5, 0.6) is 0 Å². The van der Waals surface area contributed by atoms with E-state index in [2.05, 4.69) is 4.98 Å². The Kier molecular flexibility index (Phi) is 3.65. The molecule has 0 aliphatic carbocycles. The van der Waals surface area contributed by atoms with Crippen LogP contribution < -0.4 is 5.32 Å². The normalized spacial score (nSPS) is 12.6. The molecule has 96 valence electrons. The Morgan fingerprint density at radius 3 is 2.29 bits per heavy atom. The van der Waals surface area contributed by atoms with Gasteiger partial charge in [-0.2, -0.15) is 26.3 Å². The van der Waals surface area contributed by atoms with E-state index in [1.54, 1.807) is 0 Å². The van der Waals surface area contributed by atoms with Gasteiger partial charge in [-0.1, -0.05) is 0 Å². The Morgan fingerprint density at radius 1 is 1.29 bits per heavy atom. The maximum absolute atomic E-state index is 12.1. The van der Waals surface area contributed by atoms with E-state index in [-0.39, 0.29) is 16.2 Å². The zero-order valence-electron chi connectivity index (χ0n) is 7.82. The van der Waals surface area contributed by atoms with Crippen molar-refractivity contribution < 1.29 is 31.1 Å². The molecule has 10 heteroatoms. The van der Waals surface area contributed by atoms with Gasteiger partial charge < -0.3 is 5.32 Å². The van der Waals surface area contributed by atoms with Crippen molar-refractivity contribution in [1.29, 1.82) is 0 Å². The summed E-state index contributed by atoms with van der Waals surface area (Å²) in [6.07, 6.45) is -8.93. The number of hydrogen-bond donors (Lipinski definition) is 1. The molecule has 0 aromatic carbocycles. The summed E-state index contributed by atoms with van der Waals surface area (Å²) in [6, 6.07) is 0. The molecule has 1 aromatic rings. The van der Waals surface area contributed by atoms with Crippen molar-refractivity contribution in [3.05, 3.63) is 16.1 Å². The van der Waals surface area contributed by atoms with Crippen molar-refractivity contribution in [3.8, 4) is 0 Å². The van der Waals surface area contributed by atoms with Crippen LogP contribution in [0.2, 0.25) is 0 Å². The van der Waals surface area contributed by atoms with Crippen molar-refractivity contribution in [2.24, 2.45) is 0 Å². The van der Waals surface area contributed by atoms with Crippen LogP contribution in [0, 0.1) is 0 Å². The van der Waals surface area contributed by atoms with Gasteiger partial charge in [-0.15, -0.1) is 11.3 Å². The van der Waals surface area contributed by atoms with Crippen LogP contribution in [0.4, 0.5) is 26.3 Å². The average molecular weight is 278 g/mol. The molecule has 0 unspecified atom stereocenters. The highest BCUT2D eigenvalue weighted by molar-refractivity contribution is 7.11. The maximum atomic E-state index is 12.1. The van der Waals surface area contributed by atoms with Gasteiger partial charge in [0.15, 0.2) is 5.01 Å². The van der Waals surface area contributed by atoms with Gasteiger partial charge in [0.2, 0.25) is 0 Å². The molecule has 0 atom stereocenters. The van der Waals surface area contributed by atoms with Crippen LogP contribution in [0.15, 0.2) is 6.20 Å². The minimum absolute atomic E-state index is 0.116. The Morgan fingerprint density at radius 2 is 1.88 bits per heavy atom. The summed E-state index contributed by atoms with van der Waals surface area (Å²) in [7, 11) is 0. The second-order valence-corrected chi connectivity index (χ2v) is 3.93. The first-order valence-electron chi connectivity index (χ1n) is 3.97. The van der Waals surface area contributed by atoms with Crippen molar-refractivity contribution >= 4 is 17.2 Å². The Labute approximate surface area is 94.5 Å². The molecular formula is C7H4F6N2OS. The van der Waals surface area contributed by atoms with Gasteiger partial charge in [0.1, 0.15) is 0 Å². The van der Waals surface area contributed by atoms with Crippen molar-refractivity contribution in [3.63, 3.8) is 0 Å². The van der Waals surface area contributed by atoms with Gasteiger partial charge in [0.25, 0.3) is 0 Å². The number of alkyl halides is 6. The predicted octanol–water partition coefficient (Wildman–Crippen LogP) is 2.34. The SMILES string of the molecule is O=C(NCc1cnc(C(F)(F)F)s1)C(F)(F)F. The molecule has 0 spiro atoms. The molecule has 1 N–H and O–H groups in total. The van der Waals surface area contributed by atoms with E-state index >= 15 is 0 Å². The number of thiazole rings is 1. The van der Waals surface area contributed by atoms with E-state index in [0.29, 0.717) is 0 Å². The number of nitrogens with zero attached hydrogens (tertiary/aromatic N) is 1. The predicted molar refractivity (Wildman–Crippen MR) is 45.0 cm³/mol. The standard InChI is InChI=1S/C7H4F6N2OS/c8-6(9,10)4(16)14-1-3-2-15-5(17-3)7(11,12)13/h2H,1H2,(H,14,16). The molecule has 1 rings (SSSR count). The first kappa shape index (κ1) is 13.7. The maximum Gasteiger partial charge on any atom is 0.471 e. The van der Waals surface area contributed by atoms with Crippen LogP contribution in [0.25, 0.3) is 0 Å². The average Bonchev–Trinajstić information content (AvgIpc) is 2.59. The summed E-state index contributed by atoms with van der Waals surface area (Å²) in [5.74, 6) is -2.21. The molecule has 0 fully saturated rings. The second kappa shape index (κ2) is 4.51. The van der Waals surface area contributed by atoms with E-state index in [4.69, 9.17) is 0 Å². The summed E-state index contributed by atoms with van der Waals surface area (Å²) in [5.41, 5.74) is 0. The first-order valence-corrected chi connectivity index (χ1v) is 4.79. The van der Waals surface area contributed by atoms with Crippen molar-refractivity contribution in [1.82, 2.24) is 10.3 Å². The van der Waals surface area contributed by atoms with E-state index < -0.39 is 29.8 Å². The number of rotatable bonds is 2. The van der Waals surface area contributed by atoms with E-state index in [1.807, 2.05) is 0 Å². The van der Waals surface area contributed by atoms with E-state index in [0.717, 1.165) is 6.20 Å². The molecule has 0 radical (unpaired) electrons. The fourth-order valence-electron chi connectivity index (χ4n) is 0.788. The van der Waals surface area contributed by atoms with Gasteiger partial charge in [0.05, 0.1) is 6.54 Å². The molecule has 0 aliphatic heterocycles. The number of hydrogen-bond acceptors (Lipinski definition) is 3. The quantitative estimate of drug-likeness (QED) is 0.844. The molecular weight excluding hydrogens is 274 g/mol. The molecule has 0 saturated carbocycles. The van der Waals surface area contributed by atoms with Crippen LogP contribution in [0.3, 0.4) is 0 Å². The van der Waals surface area contributed by atoms with E-state index in [1.165, 1.54) is 5.32 Å². The number of halogens is 6. The topological polar surface area (TPSA) is 42.0 Å². The van der Waals surface area contributed by atoms with Gasteiger partial charge in [-0.3, -0.25) is 4.79 Å². The minimum atomic E-state index is -5.06. The molecule has 1 heterocycles. The third kappa shape index (κ3) is 3.88. The summed E-state index contributed by atoms with van der Waals surface area (Å²) in [5, 5.41) is 0.270. The lowest BCUT2D eigenvalue weighted by Crippen LogP contribution is -2.36. The zero-order valence-corrected chi connectivity index (χ0v) is 8.63. The van der Waals surface area contributed by atoms with Crippen LogP contribution in [0.1, 0.15) is 9.88 Å². The number of amides is 1. The lowest BCUT2D eigenvalue weighted by Gasteiger charge is -2.05. The first-order chi connectivity index (χ1) is 7.60. The Bertz CT molecular complexity index is 409. The third-order valence-corrected chi connectivity index (χ3v) is 2.52. The fourth-order valence-corrected chi connectivity index (χ4v) is 1.51. The monoisotopic (exact) mass is 278 g/mol. The van der Waals surface area contributed by atoms with Crippen LogP contribution >= 0.6 is 11.3 Å². The van der Waals surface area contributed by atoms with Crippen LogP contribution in [-0.4, -0.2) is 17.1 Å². The van der Waals surface area contributed by atoms with Gasteiger partial charge in [0, 0.05) is 11.1 Å². The van der Waals surface area contributed by atoms with Gasteiger partial charge in [-0.25, -0.2) is 4.98 Å². The smallest absolute Gasteiger partial charge is 0.343 e. The highest BCUT2D eigenvalue weighted by Gasteiger charge is 2.38. The largest absolute Gasteiger partial charge is 0.471 e. The summed E-state index contributed by atoms with van der Waals surface area (Å²) in [4.78, 5) is 13.2. The zero-order chi connectivity index (χ0) is 13.3. The molecule has 0 saturated heterocycles.